The van der Waals surface area contributed by atoms with Crippen LogP contribution in [0.1, 0.15) is 23.4 Å². The van der Waals surface area contributed by atoms with Crippen LogP contribution in [0, 0.1) is 0 Å². The van der Waals surface area contributed by atoms with Crippen molar-refractivity contribution in [1.82, 2.24) is 4.90 Å². The number of nitrogens with one attached hydrogen (secondary N) is 1. The Balaban J connectivity index is 1.44. The molecule has 1 aliphatic rings. The molecule has 148 valence electrons. The molecule has 3 aromatic rings. The molecule has 0 unspecified atom stereocenters. The SMILES string of the molecule is COc1cccc(-c2ccc(NC(=O)[C@@H]3CCCN3C(=O)c3ccco3)cc2)c1. The fourth-order valence-electron chi connectivity index (χ4n) is 3.60. The molecule has 1 aliphatic heterocycles. The van der Waals surface area contributed by atoms with Gasteiger partial charge in [0.05, 0.1) is 13.4 Å². The first-order valence-electron chi connectivity index (χ1n) is 9.55. The van der Waals surface area contributed by atoms with Gasteiger partial charge in [0.1, 0.15) is 11.8 Å². The van der Waals surface area contributed by atoms with Gasteiger partial charge in [-0.05, 0) is 60.4 Å². The monoisotopic (exact) mass is 390 g/mol. The van der Waals surface area contributed by atoms with E-state index in [1.165, 1.54) is 6.26 Å². The van der Waals surface area contributed by atoms with Crippen LogP contribution in [0.2, 0.25) is 0 Å². The maximum Gasteiger partial charge on any atom is 0.290 e. The van der Waals surface area contributed by atoms with E-state index in [9.17, 15) is 9.59 Å². The van der Waals surface area contributed by atoms with E-state index < -0.39 is 6.04 Å². The number of amides is 2. The van der Waals surface area contributed by atoms with E-state index in [0.29, 0.717) is 18.7 Å². The van der Waals surface area contributed by atoms with Crippen molar-refractivity contribution in [3.05, 3.63) is 72.7 Å². The molecule has 2 amide bonds. The molecular formula is C23H22N2O4. The van der Waals surface area contributed by atoms with Crippen LogP contribution >= 0.6 is 0 Å². The van der Waals surface area contributed by atoms with Crippen LogP contribution in [0.5, 0.6) is 5.75 Å². The van der Waals surface area contributed by atoms with Gasteiger partial charge in [-0.3, -0.25) is 9.59 Å². The summed E-state index contributed by atoms with van der Waals surface area (Å²) in [7, 11) is 1.64. The summed E-state index contributed by atoms with van der Waals surface area (Å²) in [5.74, 6) is 0.618. The minimum Gasteiger partial charge on any atom is -0.497 e. The molecule has 0 bridgehead atoms. The molecule has 0 radical (unpaired) electrons. The first-order chi connectivity index (χ1) is 14.2. The number of anilines is 1. The number of carbonyl (C=O) groups excluding carboxylic acids is 2. The first-order valence-corrected chi connectivity index (χ1v) is 9.55. The minimum atomic E-state index is -0.495. The van der Waals surface area contributed by atoms with Crippen LogP contribution < -0.4 is 10.1 Å². The fraction of sp³-hybridized carbons (Fsp3) is 0.217. The van der Waals surface area contributed by atoms with Crippen LogP contribution in [0.4, 0.5) is 5.69 Å². The molecule has 2 heterocycles. The summed E-state index contributed by atoms with van der Waals surface area (Å²) in [6.07, 6.45) is 2.89. The third-order valence-electron chi connectivity index (χ3n) is 5.10. The number of carbonyl (C=O) groups is 2. The van der Waals surface area contributed by atoms with Gasteiger partial charge in [-0.25, -0.2) is 0 Å². The van der Waals surface area contributed by atoms with Crippen molar-refractivity contribution in [1.29, 1.82) is 0 Å². The molecule has 1 saturated heterocycles. The Morgan fingerprint density at radius 1 is 1.07 bits per heavy atom. The lowest BCUT2D eigenvalue weighted by molar-refractivity contribution is -0.119. The van der Waals surface area contributed by atoms with Crippen LogP contribution in [0.15, 0.2) is 71.3 Å². The van der Waals surface area contributed by atoms with Gasteiger partial charge in [-0.15, -0.1) is 0 Å². The van der Waals surface area contributed by atoms with Crippen LogP contribution in [0.25, 0.3) is 11.1 Å². The van der Waals surface area contributed by atoms with Gasteiger partial charge >= 0.3 is 0 Å². The summed E-state index contributed by atoms with van der Waals surface area (Å²) in [5.41, 5.74) is 2.75. The molecule has 29 heavy (non-hydrogen) atoms. The maximum absolute atomic E-state index is 12.8. The van der Waals surface area contributed by atoms with E-state index in [-0.39, 0.29) is 17.6 Å². The lowest BCUT2D eigenvalue weighted by Gasteiger charge is -2.23. The number of furan rings is 1. The Morgan fingerprint density at radius 3 is 2.62 bits per heavy atom. The predicted molar refractivity (Wildman–Crippen MR) is 110 cm³/mol. The highest BCUT2D eigenvalue weighted by Gasteiger charge is 2.35. The van der Waals surface area contributed by atoms with Gasteiger partial charge in [-0.2, -0.15) is 0 Å². The second-order valence-electron chi connectivity index (χ2n) is 6.93. The summed E-state index contributed by atoms with van der Waals surface area (Å²) in [6, 6.07) is 18.2. The molecule has 0 spiro atoms. The average molecular weight is 390 g/mol. The van der Waals surface area contributed by atoms with E-state index >= 15 is 0 Å². The van der Waals surface area contributed by atoms with Gasteiger partial charge in [-0.1, -0.05) is 24.3 Å². The Hall–Kier alpha value is -3.54. The molecule has 2 aromatic carbocycles. The Bertz CT molecular complexity index is 996. The van der Waals surface area contributed by atoms with Crippen molar-refractivity contribution < 1.29 is 18.7 Å². The molecule has 1 N–H and O–H groups in total. The number of likely N-dealkylation sites (tertiary alicyclic amines) is 1. The number of benzene rings is 2. The van der Waals surface area contributed by atoms with E-state index in [2.05, 4.69) is 5.32 Å². The molecule has 6 heteroatoms. The number of hydrogen-bond acceptors (Lipinski definition) is 4. The third kappa shape index (κ3) is 4.01. The van der Waals surface area contributed by atoms with Crippen LogP contribution in [-0.2, 0) is 4.79 Å². The van der Waals surface area contributed by atoms with E-state index in [1.807, 2.05) is 48.5 Å². The van der Waals surface area contributed by atoms with E-state index in [4.69, 9.17) is 9.15 Å². The minimum absolute atomic E-state index is 0.184. The van der Waals surface area contributed by atoms with E-state index in [1.54, 1.807) is 24.1 Å². The van der Waals surface area contributed by atoms with Crippen molar-refractivity contribution in [3.63, 3.8) is 0 Å². The van der Waals surface area contributed by atoms with Crippen LogP contribution in [-0.4, -0.2) is 36.4 Å². The first kappa shape index (κ1) is 18.8. The fourth-order valence-corrected chi connectivity index (χ4v) is 3.60. The molecular weight excluding hydrogens is 368 g/mol. The van der Waals surface area contributed by atoms with Gasteiger partial charge in [0.15, 0.2) is 5.76 Å². The number of ether oxygens (including phenoxy) is 1. The predicted octanol–water partition coefficient (Wildman–Crippen LogP) is 4.20. The lowest BCUT2D eigenvalue weighted by atomic mass is 10.0. The van der Waals surface area contributed by atoms with Gasteiger partial charge in [0.2, 0.25) is 5.91 Å². The van der Waals surface area contributed by atoms with E-state index in [0.717, 1.165) is 23.3 Å². The number of nitrogens with zero attached hydrogens (tertiary/aromatic N) is 1. The second-order valence-corrected chi connectivity index (χ2v) is 6.93. The van der Waals surface area contributed by atoms with Gasteiger partial charge in [0.25, 0.3) is 5.91 Å². The summed E-state index contributed by atoms with van der Waals surface area (Å²) < 4.78 is 10.5. The number of rotatable bonds is 5. The number of methoxy groups -OCH3 is 1. The quantitative estimate of drug-likeness (QED) is 0.709. The second kappa shape index (κ2) is 8.22. The molecule has 0 aliphatic carbocycles. The number of hydrogen-bond donors (Lipinski definition) is 1. The van der Waals surface area contributed by atoms with Crippen molar-refractivity contribution in [3.8, 4) is 16.9 Å². The zero-order valence-electron chi connectivity index (χ0n) is 16.1. The maximum atomic E-state index is 12.8. The summed E-state index contributed by atoms with van der Waals surface area (Å²) in [6.45, 7) is 0.548. The molecule has 6 nitrogen and oxygen atoms in total. The topological polar surface area (TPSA) is 71.8 Å². The average Bonchev–Trinajstić information content (AvgIpc) is 3.46. The van der Waals surface area contributed by atoms with Crippen molar-refractivity contribution >= 4 is 17.5 Å². The molecule has 1 aromatic heterocycles. The van der Waals surface area contributed by atoms with Crippen LogP contribution in [0.3, 0.4) is 0 Å². The lowest BCUT2D eigenvalue weighted by Crippen LogP contribution is -2.43. The van der Waals surface area contributed by atoms with Gasteiger partial charge < -0.3 is 19.4 Å². The molecule has 1 fully saturated rings. The standard InChI is InChI=1S/C23H22N2O4/c1-28-19-6-2-5-17(15-19)16-9-11-18(12-10-16)24-22(26)20-7-3-13-25(20)23(27)21-8-4-14-29-21/h2,4-6,8-12,14-15,20H,3,7,13H2,1H3,(H,24,26)/t20-/m0/s1. The van der Waals surface area contributed by atoms with Crippen molar-refractivity contribution in [2.24, 2.45) is 0 Å². The highest BCUT2D eigenvalue weighted by atomic mass is 16.5. The zero-order valence-corrected chi connectivity index (χ0v) is 16.1. The Morgan fingerprint density at radius 2 is 1.90 bits per heavy atom. The molecule has 1 atom stereocenters. The molecule has 0 saturated carbocycles. The summed E-state index contributed by atoms with van der Waals surface area (Å²) in [5, 5.41) is 2.93. The smallest absolute Gasteiger partial charge is 0.290 e. The van der Waals surface area contributed by atoms with Crippen molar-refractivity contribution in [2.45, 2.75) is 18.9 Å². The highest BCUT2D eigenvalue weighted by molar-refractivity contribution is 6.00. The Kier molecular flexibility index (Phi) is 5.33. The van der Waals surface area contributed by atoms with Crippen molar-refractivity contribution in [2.75, 3.05) is 19.0 Å². The summed E-state index contributed by atoms with van der Waals surface area (Å²) in [4.78, 5) is 26.9. The normalized spacial score (nSPS) is 15.9. The molecule has 4 rings (SSSR count). The summed E-state index contributed by atoms with van der Waals surface area (Å²) >= 11 is 0. The third-order valence-corrected chi connectivity index (χ3v) is 5.10. The Labute approximate surface area is 169 Å². The highest BCUT2D eigenvalue weighted by Crippen LogP contribution is 2.26. The zero-order chi connectivity index (χ0) is 20.2. The van der Waals surface area contributed by atoms with Gasteiger partial charge in [0, 0.05) is 12.2 Å². The largest absolute Gasteiger partial charge is 0.497 e.